The number of esters is 1. The van der Waals surface area contributed by atoms with E-state index in [0.717, 1.165) is 6.42 Å². The van der Waals surface area contributed by atoms with Gasteiger partial charge in [-0.25, -0.2) is 4.79 Å². The van der Waals surface area contributed by atoms with E-state index in [1.807, 2.05) is 6.92 Å². The van der Waals surface area contributed by atoms with Gasteiger partial charge < -0.3 is 9.47 Å². The number of carbonyl (C=O) groups excluding carboxylic acids is 1. The van der Waals surface area contributed by atoms with Crippen molar-refractivity contribution >= 4 is 29.2 Å². The number of ether oxygens (including phenoxy) is 2. The van der Waals surface area contributed by atoms with Gasteiger partial charge in [0.2, 0.25) is 0 Å². The highest BCUT2D eigenvalue weighted by molar-refractivity contribution is 6.37. The predicted molar refractivity (Wildman–Crippen MR) is 72.8 cm³/mol. The first-order valence-electron chi connectivity index (χ1n) is 5.78. The Morgan fingerprint density at radius 2 is 1.83 bits per heavy atom. The summed E-state index contributed by atoms with van der Waals surface area (Å²) in [6, 6.07) is 3.01. The highest BCUT2D eigenvalue weighted by atomic mass is 35.5. The first-order chi connectivity index (χ1) is 8.45. The van der Waals surface area contributed by atoms with Gasteiger partial charge in [0.05, 0.1) is 28.3 Å². The molecule has 1 aromatic carbocycles. The zero-order chi connectivity index (χ0) is 13.7. The van der Waals surface area contributed by atoms with Crippen molar-refractivity contribution in [2.75, 3.05) is 6.61 Å². The van der Waals surface area contributed by atoms with Crippen molar-refractivity contribution in [2.24, 2.45) is 0 Å². The normalized spacial score (nSPS) is 10.6. The van der Waals surface area contributed by atoms with E-state index in [4.69, 9.17) is 32.7 Å². The molecule has 5 heteroatoms. The highest BCUT2D eigenvalue weighted by Gasteiger charge is 2.15. The van der Waals surface area contributed by atoms with Gasteiger partial charge in [-0.2, -0.15) is 0 Å². The fraction of sp³-hybridized carbons (Fsp3) is 0.462. The van der Waals surface area contributed by atoms with Gasteiger partial charge >= 0.3 is 5.97 Å². The molecule has 0 saturated carbocycles. The van der Waals surface area contributed by atoms with Crippen molar-refractivity contribution in [2.45, 2.75) is 33.3 Å². The molecule has 0 atom stereocenters. The molecule has 0 unspecified atom stereocenters. The van der Waals surface area contributed by atoms with Gasteiger partial charge in [0.25, 0.3) is 0 Å². The summed E-state index contributed by atoms with van der Waals surface area (Å²) in [7, 11) is 0. The lowest BCUT2D eigenvalue weighted by Crippen LogP contribution is -2.11. The third kappa shape index (κ3) is 4.07. The van der Waals surface area contributed by atoms with Crippen LogP contribution >= 0.6 is 23.2 Å². The molecule has 0 amide bonds. The molecule has 1 aromatic rings. The third-order valence-electron chi connectivity index (χ3n) is 2.03. The highest BCUT2D eigenvalue weighted by Crippen LogP contribution is 2.34. The molecule has 1 rings (SSSR count). The van der Waals surface area contributed by atoms with Crippen molar-refractivity contribution in [1.82, 2.24) is 0 Å². The molecule has 0 fully saturated rings. The Labute approximate surface area is 117 Å². The van der Waals surface area contributed by atoms with Crippen LogP contribution in [-0.2, 0) is 4.74 Å². The fourth-order valence-electron chi connectivity index (χ4n) is 1.30. The Kier molecular flexibility index (Phi) is 5.76. The molecule has 0 radical (unpaired) electrons. The Hall–Kier alpha value is -0.930. The van der Waals surface area contributed by atoms with Crippen molar-refractivity contribution in [3.05, 3.63) is 27.7 Å². The molecule has 0 spiro atoms. The fourth-order valence-corrected chi connectivity index (χ4v) is 1.90. The zero-order valence-corrected chi connectivity index (χ0v) is 12.1. The predicted octanol–water partition coefficient (Wildman–Crippen LogP) is 4.35. The summed E-state index contributed by atoms with van der Waals surface area (Å²) in [6.07, 6.45) is 0.662. The van der Waals surface area contributed by atoms with Crippen molar-refractivity contribution in [3.8, 4) is 5.75 Å². The Morgan fingerprint density at radius 1 is 1.28 bits per heavy atom. The largest absolute Gasteiger partial charge is 0.490 e. The Bertz CT molecular complexity index is 407. The van der Waals surface area contributed by atoms with Crippen LogP contribution in [0.2, 0.25) is 10.0 Å². The summed E-state index contributed by atoms with van der Waals surface area (Å²) in [5.41, 5.74) is 0.322. The van der Waals surface area contributed by atoms with E-state index in [2.05, 4.69) is 0 Å². The van der Waals surface area contributed by atoms with Gasteiger partial charge in [0, 0.05) is 0 Å². The van der Waals surface area contributed by atoms with Crippen LogP contribution in [0.3, 0.4) is 0 Å². The number of benzene rings is 1. The second kappa shape index (κ2) is 6.86. The molecular formula is C13H16Cl2O3. The van der Waals surface area contributed by atoms with E-state index in [-0.39, 0.29) is 6.10 Å². The standard InChI is InChI=1S/C13H16Cl2O3/c1-4-5-17-12-10(14)6-9(7-11(12)15)13(16)18-8(2)3/h6-8H,4-5H2,1-3H3. The maximum Gasteiger partial charge on any atom is 0.338 e. The Morgan fingerprint density at radius 3 is 2.28 bits per heavy atom. The van der Waals surface area contributed by atoms with Crippen LogP contribution in [0.5, 0.6) is 5.75 Å². The SMILES string of the molecule is CCCOc1c(Cl)cc(C(=O)OC(C)C)cc1Cl. The molecule has 100 valence electrons. The summed E-state index contributed by atoms with van der Waals surface area (Å²) in [5.74, 6) is -0.0443. The lowest BCUT2D eigenvalue weighted by atomic mass is 10.2. The third-order valence-corrected chi connectivity index (χ3v) is 2.59. The smallest absolute Gasteiger partial charge is 0.338 e. The quantitative estimate of drug-likeness (QED) is 0.757. The lowest BCUT2D eigenvalue weighted by molar-refractivity contribution is 0.0378. The maximum absolute atomic E-state index is 11.7. The minimum Gasteiger partial charge on any atom is -0.490 e. The molecule has 0 aliphatic carbocycles. The molecule has 0 aliphatic heterocycles. The van der Waals surface area contributed by atoms with Gasteiger partial charge in [0.15, 0.2) is 5.75 Å². The summed E-state index contributed by atoms with van der Waals surface area (Å²) in [4.78, 5) is 11.7. The number of carbonyl (C=O) groups is 1. The van der Waals surface area contributed by atoms with Crippen molar-refractivity contribution in [3.63, 3.8) is 0 Å². The molecule has 0 heterocycles. The van der Waals surface area contributed by atoms with E-state index in [9.17, 15) is 4.79 Å². The monoisotopic (exact) mass is 290 g/mol. The second-order valence-corrected chi connectivity index (χ2v) is 4.89. The van der Waals surface area contributed by atoms with Gasteiger partial charge in [-0.05, 0) is 32.4 Å². The van der Waals surface area contributed by atoms with Crippen LogP contribution in [0.15, 0.2) is 12.1 Å². The number of hydrogen-bond donors (Lipinski definition) is 0. The maximum atomic E-state index is 11.7. The molecule has 0 bridgehead atoms. The summed E-state index contributed by atoms with van der Waals surface area (Å²) >= 11 is 12.1. The van der Waals surface area contributed by atoms with E-state index >= 15 is 0 Å². The number of rotatable bonds is 5. The molecule has 0 aromatic heterocycles. The average molecular weight is 291 g/mol. The van der Waals surface area contributed by atoms with Crippen LogP contribution in [0, 0.1) is 0 Å². The van der Waals surface area contributed by atoms with Gasteiger partial charge in [-0.3, -0.25) is 0 Å². The van der Waals surface area contributed by atoms with Crippen molar-refractivity contribution < 1.29 is 14.3 Å². The molecule has 0 saturated heterocycles. The van der Waals surface area contributed by atoms with Gasteiger partial charge in [-0.15, -0.1) is 0 Å². The molecule has 0 aliphatic rings. The van der Waals surface area contributed by atoms with E-state index in [1.54, 1.807) is 13.8 Å². The van der Waals surface area contributed by atoms with Gasteiger partial charge in [0.1, 0.15) is 0 Å². The Balaban J connectivity index is 2.95. The molecule has 3 nitrogen and oxygen atoms in total. The minimum atomic E-state index is -0.448. The summed E-state index contributed by atoms with van der Waals surface area (Å²) in [5, 5.41) is 0.623. The van der Waals surface area contributed by atoms with Crippen molar-refractivity contribution in [1.29, 1.82) is 0 Å². The van der Waals surface area contributed by atoms with Crippen LogP contribution in [0.1, 0.15) is 37.6 Å². The average Bonchev–Trinajstić information content (AvgIpc) is 2.26. The van der Waals surface area contributed by atoms with Crippen LogP contribution in [-0.4, -0.2) is 18.7 Å². The number of halogens is 2. The number of hydrogen-bond acceptors (Lipinski definition) is 3. The summed E-state index contributed by atoms with van der Waals surface area (Å²) < 4.78 is 10.5. The van der Waals surface area contributed by atoms with Crippen LogP contribution in [0.4, 0.5) is 0 Å². The first kappa shape index (κ1) is 15.1. The molecular weight excluding hydrogens is 275 g/mol. The topological polar surface area (TPSA) is 35.5 Å². The first-order valence-corrected chi connectivity index (χ1v) is 6.54. The van der Waals surface area contributed by atoms with Gasteiger partial charge in [-0.1, -0.05) is 30.1 Å². The van der Waals surface area contributed by atoms with Crippen LogP contribution < -0.4 is 4.74 Å². The van der Waals surface area contributed by atoms with Crippen LogP contribution in [0.25, 0.3) is 0 Å². The minimum absolute atomic E-state index is 0.189. The van der Waals surface area contributed by atoms with E-state index in [0.29, 0.717) is 28.0 Å². The molecule has 0 N–H and O–H groups in total. The lowest BCUT2D eigenvalue weighted by Gasteiger charge is -2.12. The van der Waals surface area contributed by atoms with E-state index in [1.165, 1.54) is 12.1 Å². The summed E-state index contributed by atoms with van der Waals surface area (Å²) in [6.45, 7) is 6.06. The molecule has 18 heavy (non-hydrogen) atoms. The second-order valence-electron chi connectivity index (χ2n) is 4.07. The van der Waals surface area contributed by atoms with E-state index < -0.39 is 5.97 Å². The zero-order valence-electron chi connectivity index (χ0n) is 10.6.